The van der Waals surface area contributed by atoms with Crippen LogP contribution in [0, 0.1) is 17.8 Å². The molecule has 5 heteroatoms. The van der Waals surface area contributed by atoms with E-state index >= 15 is 0 Å². The normalized spacial score (nSPS) is 45.9. The smallest absolute Gasteiger partial charge is 0.320 e. The number of aliphatic hydroxyl groups is 1. The van der Waals surface area contributed by atoms with E-state index in [0.717, 1.165) is 19.4 Å². The third-order valence-corrected chi connectivity index (χ3v) is 5.38. The van der Waals surface area contributed by atoms with Crippen molar-refractivity contribution >= 4 is 6.03 Å². The summed E-state index contributed by atoms with van der Waals surface area (Å²) in [5, 5.41) is 10.3. The molecule has 5 atom stereocenters. The topological polar surface area (TPSA) is 53.0 Å². The van der Waals surface area contributed by atoms with Gasteiger partial charge in [-0.25, -0.2) is 4.79 Å². The molecule has 4 fully saturated rings. The number of morpholine rings is 1. The molecule has 18 heavy (non-hydrogen) atoms. The minimum Gasteiger partial charge on any atom is -0.391 e. The first-order chi connectivity index (χ1) is 8.75. The highest BCUT2D eigenvalue weighted by atomic mass is 16.5. The van der Waals surface area contributed by atoms with Crippen LogP contribution in [-0.4, -0.2) is 65.9 Å². The number of rotatable bonds is 0. The summed E-state index contributed by atoms with van der Waals surface area (Å²) in [6, 6.07) is 0.224. The van der Waals surface area contributed by atoms with Crippen molar-refractivity contribution < 1.29 is 14.6 Å². The van der Waals surface area contributed by atoms with Crippen molar-refractivity contribution in [3.05, 3.63) is 0 Å². The van der Waals surface area contributed by atoms with Gasteiger partial charge in [0, 0.05) is 19.6 Å². The Morgan fingerprint density at radius 3 is 2.67 bits per heavy atom. The third kappa shape index (κ3) is 1.37. The number of nitrogens with zero attached hydrogens (tertiary/aromatic N) is 2. The number of fused-ring (bicyclic) bond motifs is 1. The van der Waals surface area contributed by atoms with Crippen molar-refractivity contribution in [2.24, 2.45) is 17.8 Å². The van der Waals surface area contributed by atoms with Crippen LogP contribution in [0.15, 0.2) is 0 Å². The number of carbonyl (C=O) groups excluding carboxylic acids is 1. The summed E-state index contributed by atoms with van der Waals surface area (Å²) in [4.78, 5) is 16.4. The van der Waals surface area contributed by atoms with Gasteiger partial charge in [-0.05, 0) is 30.6 Å². The number of likely N-dealkylation sites (tertiary alicyclic amines) is 1. The molecule has 2 saturated carbocycles. The maximum absolute atomic E-state index is 12.5. The van der Waals surface area contributed by atoms with Gasteiger partial charge in [0.2, 0.25) is 0 Å². The average Bonchev–Trinajstić information content (AvgIpc) is 3.00. The number of amides is 2. The van der Waals surface area contributed by atoms with Crippen LogP contribution in [0.25, 0.3) is 0 Å². The quantitative estimate of drug-likeness (QED) is 0.667. The molecular weight excluding hydrogens is 232 g/mol. The van der Waals surface area contributed by atoms with Gasteiger partial charge in [-0.3, -0.25) is 0 Å². The van der Waals surface area contributed by atoms with Crippen molar-refractivity contribution in [2.75, 3.05) is 32.8 Å². The Labute approximate surface area is 107 Å². The summed E-state index contributed by atoms with van der Waals surface area (Å²) in [7, 11) is 0. The highest BCUT2D eigenvalue weighted by Gasteiger charge is 2.60. The number of hydrogen-bond donors (Lipinski definition) is 1. The summed E-state index contributed by atoms with van der Waals surface area (Å²) in [5.74, 6) is 1.66. The largest absolute Gasteiger partial charge is 0.391 e. The molecule has 100 valence electrons. The molecule has 2 heterocycles. The lowest BCUT2D eigenvalue weighted by atomic mass is 9.88. The molecule has 2 aliphatic heterocycles. The van der Waals surface area contributed by atoms with Crippen molar-refractivity contribution in [1.29, 1.82) is 0 Å². The van der Waals surface area contributed by atoms with Gasteiger partial charge >= 0.3 is 6.03 Å². The minimum atomic E-state index is -0.279. The molecule has 2 amide bonds. The van der Waals surface area contributed by atoms with E-state index in [1.165, 1.54) is 0 Å². The SMILES string of the molecule is O=C(N1CCOCC1)N1CC2CC3CC2C1C3O. The molecule has 0 aromatic carbocycles. The van der Waals surface area contributed by atoms with Crippen LogP contribution in [0.1, 0.15) is 12.8 Å². The van der Waals surface area contributed by atoms with Crippen molar-refractivity contribution in [2.45, 2.75) is 25.0 Å². The van der Waals surface area contributed by atoms with Crippen LogP contribution in [0.3, 0.4) is 0 Å². The molecule has 2 aliphatic carbocycles. The predicted molar refractivity (Wildman–Crippen MR) is 64.0 cm³/mol. The summed E-state index contributed by atoms with van der Waals surface area (Å²) >= 11 is 0. The Hall–Kier alpha value is -0.810. The molecule has 2 saturated heterocycles. The Morgan fingerprint density at radius 1 is 1.17 bits per heavy atom. The molecule has 4 rings (SSSR count). The minimum absolute atomic E-state index is 0.101. The second-order valence-electron chi connectivity index (χ2n) is 6.17. The van der Waals surface area contributed by atoms with Gasteiger partial charge < -0.3 is 19.6 Å². The van der Waals surface area contributed by atoms with E-state index in [4.69, 9.17) is 4.74 Å². The van der Waals surface area contributed by atoms with E-state index in [1.807, 2.05) is 9.80 Å². The van der Waals surface area contributed by atoms with Crippen LogP contribution in [0.4, 0.5) is 4.79 Å². The molecule has 0 aromatic rings. The van der Waals surface area contributed by atoms with Crippen LogP contribution >= 0.6 is 0 Å². The van der Waals surface area contributed by atoms with Gasteiger partial charge in [0.05, 0.1) is 25.4 Å². The molecule has 0 spiro atoms. The van der Waals surface area contributed by atoms with Crippen molar-refractivity contribution in [1.82, 2.24) is 9.80 Å². The van der Waals surface area contributed by atoms with Crippen LogP contribution < -0.4 is 0 Å². The van der Waals surface area contributed by atoms with Crippen molar-refractivity contribution in [3.8, 4) is 0 Å². The first-order valence-electron chi connectivity index (χ1n) is 7.07. The van der Waals surface area contributed by atoms with Gasteiger partial charge in [0.25, 0.3) is 0 Å². The number of aliphatic hydroxyl groups excluding tert-OH is 1. The van der Waals surface area contributed by atoms with Crippen LogP contribution in [0.2, 0.25) is 0 Å². The number of ether oxygens (including phenoxy) is 1. The van der Waals surface area contributed by atoms with Gasteiger partial charge in [-0.15, -0.1) is 0 Å². The van der Waals surface area contributed by atoms with Crippen LogP contribution in [0.5, 0.6) is 0 Å². The molecule has 2 bridgehead atoms. The van der Waals surface area contributed by atoms with Gasteiger partial charge in [0.15, 0.2) is 0 Å². The highest BCUT2D eigenvalue weighted by molar-refractivity contribution is 5.75. The number of hydrogen-bond acceptors (Lipinski definition) is 3. The standard InChI is InChI=1S/C13H20N2O3/c16-12-8-5-9-7-15(11(12)10(9)6-8)13(17)14-1-3-18-4-2-14/h8-12,16H,1-7H2. The highest BCUT2D eigenvalue weighted by Crippen LogP contribution is 2.55. The zero-order valence-electron chi connectivity index (χ0n) is 10.5. The molecule has 0 radical (unpaired) electrons. The van der Waals surface area contributed by atoms with E-state index in [0.29, 0.717) is 44.1 Å². The first kappa shape index (κ1) is 11.1. The van der Waals surface area contributed by atoms with E-state index in [2.05, 4.69) is 0 Å². The molecule has 5 unspecified atom stereocenters. The fourth-order valence-electron chi connectivity index (χ4n) is 4.57. The van der Waals surface area contributed by atoms with Crippen molar-refractivity contribution in [3.63, 3.8) is 0 Å². The number of carbonyl (C=O) groups is 1. The van der Waals surface area contributed by atoms with E-state index < -0.39 is 0 Å². The lowest BCUT2D eigenvalue weighted by Gasteiger charge is -2.35. The van der Waals surface area contributed by atoms with Crippen LogP contribution in [-0.2, 0) is 4.74 Å². The lowest BCUT2D eigenvalue weighted by molar-refractivity contribution is 0.0269. The van der Waals surface area contributed by atoms with E-state index in [9.17, 15) is 9.90 Å². The van der Waals surface area contributed by atoms with E-state index in [1.54, 1.807) is 0 Å². The molecular formula is C13H20N2O3. The maximum Gasteiger partial charge on any atom is 0.320 e. The third-order valence-electron chi connectivity index (χ3n) is 5.38. The predicted octanol–water partition coefficient (Wildman–Crippen LogP) is 0.140. The fraction of sp³-hybridized carbons (Fsp3) is 0.923. The molecule has 1 N–H and O–H groups in total. The summed E-state index contributed by atoms with van der Waals surface area (Å²) in [5.41, 5.74) is 0. The van der Waals surface area contributed by atoms with E-state index in [-0.39, 0.29) is 18.2 Å². The summed E-state index contributed by atoms with van der Waals surface area (Å²) < 4.78 is 5.29. The summed E-state index contributed by atoms with van der Waals surface area (Å²) in [6.07, 6.45) is 1.97. The zero-order valence-corrected chi connectivity index (χ0v) is 10.5. The molecule has 5 nitrogen and oxygen atoms in total. The maximum atomic E-state index is 12.5. The van der Waals surface area contributed by atoms with Gasteiger partial charge in [0.1, 0.15) is 0 Å². The second kappa shape index (κ2) is 3.84. The Kier molecular flexibility index (Phi) is 2.36. The summed E-state index contributed by atoms with van der Waals surface area (Å²) in [6.45, 7) is 3.53. The Bertz CT molecular complexity index is 367. The van der Waals surface area contributed by atoms with Gasteiger partial charge in [-0.2, -0.15) is 0 Å². The number of urea groups is 1. The second-order valence-corrected chi connectivity index (χ2v) is 6.17. The molecule has 4 aliphatic rings. The zero-order chi connectivity index (χ0) is 12.3. The van der Waals surface area contributed by atoms with Gasteiger partial charge in [-0.1, -0.05) is 0 Å². The monoisotopic (exact) mass is 252 g/mol. The lowest BCUT2D eigenvalue weighted by Crippen LogP contribution is -2.52. The average molecular weight is 252 g/mol. The first-order valence-corrected chi connectivity index (χ1v) is 7.07. The molecule has 0 aromatic heterocycles. The fourth-order valence-corrected chi connectivity index (χ4v) is 4.57. The Morgan fingerprint density at radius 2 is 1.94 bits per heavy atom. The Balaban J connectivity index is 1.53.